The molecule has 0 saturated heterocycles. The third-order valence-electron chi connectivity index (χ3n) is 2.76. The number of ether oxygens (including phenoxy) is 1. The summed E-state index contributed by atoms with van der Waals surface area (Å²) < 4.78 is 5.75. The van der Waals surface area contributed by atoms with E-state index in [-0.39, 0.29) is 18.1 Å². The second-order valence-electron chi connectivity index (χ2n) is 4.87. The van der Waals surface area contributed by atoms with Crippen molar-refractivity contribution in [1.29, 1.82) is 0 Å². The van der Waals surface area contributed by atoms with Crippen LogP contribution in [0.3, 0.4) is 0 Å². The van der Waals surface area contributed by atoms with Crippen LogP contribution in [0.5, 0.6) is 0 Å². The van der Waals surface area contributed by atoms with E-state index in [9.17, 15) is 9.59 Å². The normalized spacial score (nSPS) is 10.9. The van der Waals surface area contributed by atoms with Crippen molar-refractivity contribution in [3.63, 3.8) is 0 Å². The Morgan fingerprint density at radius 3 is 2.63 bits per heavy atom. The van der Waals surface area contributed by atoms with Gasteiger partial charge in [-0.1, -0.05) is 28.9 Å². The fourth-order valence-electron chi connectivity index (χ4n) is 1.33. The quantitative estimate of drug-likeness (QED) is 0.846. The number of esters is 1. The largest absolute Gasteiger partial charge is 0.452 e. The Kier molecular flexibility index (Phi) is 5.54. The lowest BCUT2D eigenvalue weighted by atomic mass is 10.0. The molecule has 0 aliphatic rings. The number of benzene rings is 1. The Morgan fingerprint density at radius 2 is 2.05 bits per heavy atom. The first kappa shape index (κ1) is 15.7. The van der Waals surface area contributed by atoms with E-state index in [0.717, 1.165) is 10.9 Å². The first-order chi connectivity index (χ1) is 8.84. The minimum absolute atomic E-state index is 0.269. The predicted octanol–water partition coefficient (Wildman–Crippen LogP) is 2.91. The van der Waals surface area contributed by atoms with Crippen LogP contribution in [0.15, 0.2) is 28.7 Å². The molecular formula is C14H18BrNO3. The molecule has 1 aromatic rings. The first-order valence-corrected chi connectivity index (χ1v) is 6.87. The van der Waals surface area contributed by atoms with Crippen LogP contribution in [-0.2, 0) is 9.53 Å². The topological polar surface area (TPSA) is 55.4 Å². The summed E-state index contributed by atoms with van der Waals surface area (Å²) in [5, 5.41) is 2.80. The van der Waals surface area contributed by atoms with Gasteiger partial charge in [0.25, 0.3) is 5.91 Å². The van der Waals surface area contributed by atoms with Gasteiger partial charge in [-0.25, -0.2) is 4.79 Å². The van der Waals surface area contributed by atoms with Gasteiger partial charge in [0.2, 0.25) is 0 Å². The van der Waals surface area contributed by atoms with E-state index in [1.54, 1.807) is 18.2 Å². The molecule has 0 unspecified atom stereocenters. The Balaban J connectivity index is 2.49. The molecule has 0 bridgehead atoms. The highest BCUT2D eigenvalue weighted by molar-refractivity contribution is 9.10. The Labute approximate surface area is 121 Å². The van der Waals surface area contributed by atoms with Crippen molar-refractivity contribution in [2.45, 2.75) is 32.7 Å². The molecule has 4 nitrogen and oxygen atoms in total. The number of carbonyl (C=O) groups excluding carboxylic acids is 2. The van der Waals surface area contributed by atoms with Gasteiger partial charge in [-0.15, -0.1) is 0 Å². The number of hydrogen-bond acceptors (Lipinski definition) is 3. The summed E-state index contributed by atoms with van der Waals surface area (Å²) in [6.45, 7) is 5.55. The summed E-state index contributed by atoms with van der Waals surface area (Å²) >= 11 is 3.27. The first-order valence-electron chi connectivity index (χ1n) is 6.08. The maximum atomic E-state index is 11.7. The summed E-state index contributed by atoms with van der Waals surface area (Å²) in [5.41, 5.74) is 0.121. The van der Waals surface area contributed by atoms with Crippen LogP contribution >= 0.6 is 15.9 Å². The lowest BCUT2D eigenvalue weighted by molar-refractivity contribution is -0.125. The van der Waals surface area contributed by atoms with E-state index in [2.05, 4.69) is 21.2 Å². The van der Waals surface area contributed by atoms with Crippen LogP contribution in [0.25, 0.3) is 0 Å². The molecule has 19 heavy (non-hydrogen) atoms. The smallest absolute Gasteiger partial charge is 0.338 e. The highest BCUT2D eigenvalue weighted by Gasteiger charge is 2.18. The molecule has 0 radical (unpaired) electrons. The van der Waals surface area contributed by atoms with Gasteiger partial charge in [0.1, 0.15) is 0 Å². The van der Waals surface area contributed by atoms with Gasteiger partial charge in [0, 0.05) is 10.0 Å². The van der Waals surface area contributed by atoms with Gasteiger partial charge in [0.15, 0.2) is 6.61 Å². The summed E-state index contributed by atoms with van der Waals surface area (Å²) in [7, 11) is 0. The van der Waals surface area contributed by atoms with Crippen LogP contribution < -0.4 is 5.32 Å². The lowest BCUT2D eigenvalue weighted by Crippen LogP contribution is -2.44. The molecule has 5 heteroatoms. The van der Waals surface area contributed by atoms with Crippen molar-refractivity contribution in [2.24, 2.45) is 0 Å². The van der Waals surface area contributed by atoms with Crippen LogP contribution in [0.2, 0.25) is 0 Å². The average Bonchev–Trinajstić information content (AvgIpc) is 2.35. The van der Waals surface area contributed by atoms with E-state index in [4.69, 9.17) is 4.74 Å². The maximum absolute atomic E-state index is 11.7. The highest BCUT2D eigenvalue weighted by atomic mass is 79.9. The van der Waals surface area contributed by atoms with Crippen molar-refractivity contribution < 1.29 is 14.3 Å². The van der Waals surface area contributed by atoms with Crippen LogP contribution in [0.4, 0.5) is 0 Å². The van der Waals surface area contributed by atoms with Crippen LogP contribution in [0, 0.1) is 0 Å². The van der Waals surface area contributed by atoms with Gasteiger partial charge in [-0.05, 0) is 38.5 Å². The van der Waals surface area contributed by atoms with Crippen LogP contribution in [0.1, 0.15) is 37.6 Å². The summed E-state index contributed by atoms with van der Waals surface area (Å²) in [5.74, 6) is -0.805. The Hall–Kier alpha value is -1.36. The third-order valence-corrected chi connectivity index (χ3v) is 3.25. The molecule has 1 amide bonds. The third kappa shape index (κ3) is 5.42. The van der Waals surface area contributed by atoms with Gasteiger partial charge in [-0.2, -0.15) is 0 Å². The second kappa shape index (κ2) is 6.70. The van der Waals surface area contributed by atoms with Crippen molar-refractivity contribution >= 4 is 27.8 Å². The minimum atomic E-state index is -0.509. The molecule has 0 spiro atoms. The molecule has 1 aromatic carbocycles. The number of nitrogens with one attached hydrogen (secondary N) is 1. The molecule has 0 saturated carbocycles. The fourth-order valence-corrected chi connectivity index (χ4v) is 1.73. The van der Waals surface area contributed by atoms with Gasteiger partial charge < -0.3 is 10.1 Å². The van der Waals surface area contributed by atoms with Crippen molar-refractivity contribution in [1.82, 2.24) is 5.32 Å². The van der Waals surface area contributed by atoms with E-state index < -0.39 is 5.97 Å². The number of carbonyl (C=O) groups is 2. The molecule has 0 aliphatic carbocycles. The number of hydrogen-bond donors (Lipinski definition) is 1. The highest BCUT2D eigenvalue weighted by Crippen LogP contribution is 2.12. The number of halogens is 1. The number of rotatable bonds is 5. The summed E-state index contributed by atoms with van der Waals surface area (Å²) in [6.07, 6.45) is 0.804. The SMILES string of the molecule is CCC(C)(C)NC(=O)COC(=O)c1cccc(Br)c1. The minimum Gasteiger partial charge on any atom is -0.452 e. The molecule has 0 fully saturated rings. The molecule has 104 valence electrons. The zero-order valence-corrected chi connectivity index (χ0v) is 12.9. The predicted molar refractivity (Wildman–Crippen MR) is 76.9 cm³/mol. The molecule has 1 N–H and O–H groups in total. The molecule has 0 aromatic heterocycles. The van der Waals surface area contributed by atoms with Gasteiger partial charge >= 0.3 is 5.97 Å². The molecule has 1 rings (SSSR count). The van der Waals surface area contributed by atoms with Gasteiger partial charge in [-0.3, -0.25) is 4.79 Å². The van der Waals surface area contributed by atoms with Crippen molar-refractivity contribution in [3.8, 4) is 0 Å². The average molecular weight is 328 g/mol. The molecule has 0 atom stereocenters. The number of amides is 1. The van der Waals surface area contributed by atoms with Crippen molar-refractivity contribution in [2.75, 3.05) is 6.61 Å². The van der Waals surface area contributed by atoms with E-state index in [0.29, 0.717) is 5.56 Å². The van der Waals surface area contributed by atoms with Crippen molar-refractivity contribution in [3.05, 3.63) is 34.3 Å². The summed E-state index contributed by atoms with van der Waals surface area (Å²) in [4.78, 5) is 23.3. The summed E-state index contributed by atoms with van der Waals surface area (Å²) in [6, 6.07) is 6.84. The zero-order valence-electron chi connectivity index (χ0n) is 11.3. The van der Waals surface area contributed by atoms with Gasteiger partial charge in [0.05, 0.1) is 5.56 Å². The standard InChI is InChI=1S/C14H18BrNO3/c1-4-14(2,3)16-12(17)9-19-13(18)10-6-5-7-11(15)8-10/h5-8H,4,9H2,1-3H3,(H,16,17). The molecule has 0 aliphatic heterocycles. The van der Waals surface area contributed by atoms with E-state index in [1.807, 2.05) is 26.8 Å². The Morgan fingerprint density at radius 1 is 1.37 bits per heavy atom. The van der Waals surface area contributed by atoms with E-state index >= 15 is 0 Å². The Bertz CT molecular complexity index is 472. The van der Waals surface area contributed by atoms with Crippen LogP contribution in [-0.4, -0.2) is 24.0 Å². The van der Waals surface area contributed by atoms with E-state index in [1.165, 1.54) is 0 Å². The fraction of sp³-hybridized carbons (Fsp3) is 0.429. The zero-order chi connectivity index (χ0) is 14.5. The molecular weight excluding hydrogens is 310 g/mol. The lowest BCUT2D eigenvalue weighted by Gasteiger charge is -2.24. The molecule has 0 heterocycles. The second-order valence-corrected chi connectivity index (χ2v) is 5.79. The monoisotopic (exact) mass is 327 g/mol. The maximum Gasteiger partial charge on any atom is 0.338 e.